The molecule has 0 radical (unpaired) electrons. The molecule has 1 fully saturated rings. The van der Waals surface area contributed by atoms with Crippen LogP contribution in [0.1, 0.15) is 65.6 Å². The Kier molecular flexibility index (Phi) is 5.05. The Balaban J connectivity index is 2.11. The van der Waals surface area contributed by atoms with E-state index >= 15 is 0 Å². The number of nitrogens with zero attached hydrogens (tertiary/aromatic N) is 2. The van der Waals surface area contributed by atoms with E-state index in [4.69, 9.17) is 4.98 Å². The predicted octanol–water partition coefficient (Wildman–Crippen LogP) is 4.92. The SMILES string of the molecule is CCC1CCCC(Nc2cc(Br)nc(C(C)(C)C)n2)C1. The summed E-state index contributed by atoms with van der Waals surface area (Å²) in [6, 6.07) is 2.55. The van der Waals surface area contributed by atoms with Gasteiger partial charge in [0.25, 0.3) is 0 Å². The molecule has 1 saturated carbocycles. The lowest BCUT2D eigenvalue weighted by molar-refractivity contribution is 0.327. The molecule has 0 saturated heterocycles. The molecule has 1 aromatic rings. The van der Waals surface area contributed by atoms with E-state index in [-0.39, 0.29) is 5.41 Å². The second kappa shape index (κ2) is 6.42. The zero-order chi connectivity index (χ0) is 14.8. The van der Waals surface area contributed by atoms with Gasteiger partial charge in [-0.15, -0.1) is 0 Å². The van der Waals surface area contributed by atoms with Crippen molar-refractivity contribution in [3.8, 4) is 0 Å². The van der Waals surface area contributed by atoms with Crippen LogP contribution in [0.5, 0.6) is 0 Å². The monoisotopic (exact) mass is 339 g/mol. The molecule has 1 heterocycles. The fourth-order valence-electron chi connectivity index (χ4n) is 2.83. The van der Waals surface area contributed by atoms with Gasteiger partial charge in [-0.3, -0.25) is 0 Å². The summed E-state index contributed by atoms with van der Waals surface area (Å²) >= 11 is 3.50. The second-order valence-corrected chi connectivity index (χ2v) is 7.74. The van der Waals surface area contributed by atoms with Crippen molar-refractivity contribution >= 4 is 21.7 Å². The van der Waals surface area contributed by atoms with Crippen molar-refractivity contribution in [2.45, 2.75) is 71.3 Å². The summed E-state index contributed by atoms with van der Waals surface area (Å²) in [5.41, 5.74) is -0.0290. The topological polar surface area (TPSA) is 37.8 Å². The first kappa shape index (κ1) is 15.7. The lowest BCUT2D eigenvalue weighted by Crippen LogP contribution is -2.28. The highest BCUT2D eigenvalue weighted by atomic mass is 79.9. The number of hydrogen-bond donors (Lipinski definition) is 1. The third-order valence-corrected chi connectivity index (χ3v) is 4.48. The van der Waals surface area contributed by atoms with Crippen molar-refractivity contribution in [2.24, 2.45) is 5.92 Å². The van der Waals surface area contributed by atoms with Gasteiger partial charge in [0.05, 0.1) is 0 Å². The van der Waals surface area contributed by atoms with Gasteiger partial charge in [0, 0.05) is 17.5 Å². The summed E-state index contributed by atoms with van der Waals surface area (Å²) in [7, 11) is 0. The maximum atomic E-state index is 4.70. The Morgan fingerprint density at radius 3 is 2.70 bits per heavy atom. The molecule has 0 spiro atoms. The first-order chi connectivity index (χ1) is 9.38. The van der Waals surface area contributed by atoms with Gasteiger partial charge in [-0.1, -0.05) is 47.0 Å². The van der Waals surface area contributed by atoms with E-state index in [0.29, 0.717) is 6.04 Å². The molecule has 1 aromatic heterocycles. The molecule has 4 heteroatoms. The Bertz CT molecular complexity index is 454. The predicted molar refractivity (Wildman–Crippen MR) is 88.1 cm³/mol. The van der Waals surface area contributed by atoms with Crippen LogP contribution in [-0.4, -0.2) is 16.0 Å². The van der Waals surface area contributed by atoms with Crippen LogP contribution in [-0.2, 0) is 5.41 Å². The van der Waals surface area contributed by atoms with Crippen molar-refractivity contribution in [3.63, 3.8) is 0 Å². The van der Waals surface area contributed by atoms with Crippen molar-refractivity contribution in [1.82, 2.24) is 9.97 Å². The molecule has 2 rings (SSSR count). The standard InChI is InChI=1S/C16H26BrN3/c1-5-11-7-6-8-12(9-11)18-14-10-13(17)19-15(20-14)16(2,3)4/h10-12H,5-9H2,1-4H3,(H,18,19,20). The molecule has 1 N–H and O–H groups in total. The number of nitrogens with one attached hydrogen (secondary N) is 1. The van der Waals surface area contributed by atoms with Crippen LogP contribution in [0.25, 0.3) is 0 Å². The minimum absolute atomic E-state index is 0.0290. The zero-order valence-electron chi connectivity index (χ0n) is 13.0. The Hall–Kier alpha value is -0.640. The Labute approximate surface area is 131 Å². The molecule has 0 bridgehead atoms. The smallest absolute Gasteiger partial charge is 0.137 e. The Morgan fingerprint density at radius 1 is 1.30 bits per heavy atom. The van der Waals surface area contributed by atoms with Gasteiger partial charge in [-0.05, 0) is 34.7 Å². The van der Waals surface area contributed by atoms with Gasteiger partial charge in [-0.2, -0.15) is 0 Å². The second-order valence-electron chi connectivity index (χ2n) is 6.93. The van der Waals surface area contributed by atoms with Crippen LogP contribution in [0, 0.1) is 5.92 Å². The van der Waals surface area contributed by atoms with E-state index in [9.17, 15) is 0 Å². The largest absolute Gasteiger partial charge is 0.367 e. The number of hydrogen-bond acceptors (Lipinski definition) is 3. The highest BCUT2D eigenvalue weighted by Crippen LogP contribution is 2.29. The van der Waals surface area contributed by atoms with Crippen molar-refractivity contribution < 1.29 is 0 Å². The maximum absolute atomic E-state index is 4.70. The number of rotatable bonds is 3. The maximum Gasteiger partial charge on any atom is 0.137 e. The van der Waals surface area contributed by atoms with E-state index < -0.39 is 0 Å². The van der Waals surface area contributed by atoms with Crippen LogP contribution in [0.15, 0.2) is 10.7 Å². The number of anilines is 1. The average molecular weight is 340 g/mol. The lowest BCUT2D eigenvalue weighted by atomic mass is 9.84. The van der Waals surface area contributed by atoms with Gasteiger partial charge in [0.15, 0.2) is 0 Å². The minimum Gasteiger partial charge on any atom is -0.367 e. The summed E-state index contributed by atoms with van der Waals surface area (Å²) in [5, 5.41) is 3.62. The molecule has 0 aliphatic heterocycles. The molecule has 2 unspecified atom stereocenters. The fourth-order valence-corrected chi connectivity index (χ4v) is 3.21. The molecule has 0 amide bonds. The van der Waals surface area contributed by atoms with E-state index in [1.807, 2.05) is 6.07 Å². The van der Waals surface area contributed by atoms with Crippen LogP contribution in [0.4, 0.5) is 5.82 Å². The van der Waals surface area contributed by atoms with E-state index in [1.165, 1.54) is 32.1 Å². The first-order valence-electron chi connectivity index (χ1n) is 7.70. The summed E-state index contributed by atoms with van der Waals surface area (Å²) in [6.45, 7) is 8.73. The van der Waals surface area contributed by atoms with Crippen molar-refractivity contribution in [1.29, 1.82) is 0 Å². The highest BCUT2D eigenvalue weighted by Gasteiger charge is 2.23. The van der Waals surface area contributed by atoms with E-state index in [1.54, 1.807) is 0 Å². The van der Waals surface area contributed by atoms with Crippen LogP contribution < -0.4 is 5.32 Å². The molecule has 1 aliphatic rings. The van der Waals surface area contributed by atoms with Gasteiger partial charge < -0.3 is 5.32 Å². The van der Waals surface area contributed by atoms with Crippen LogP contribution in [0.2, 0.25) is 0 Å². The van der Waals surface area contributed by atoms with Crippen LogP contribution >= 0.6 is 15.9 Å². The Morgan fingerprint density at radius 2 is 2.05 bits per heavy atom. The molecule has 1 aliphatic carbocycles. The molecule has 2 atom stereocenters. The van der Waals surface area contributed by atoms with Crippen molar-refractivity contribution in [2.75, 3.05) is 5.32 Å². The summed E-state index contributed by atoms with van der Waals surface area (Å²) < 4.78 is 0.864. The summed E-state index contributed by atoms with van der Waals surface area (Å²) in [5.74, 6) is 2.71. The molecule has 20 heavy (non-hydrogen) atoms. The molecule has 112 valence electrons. The molecular weight excluding hydrogens is 314 g/mol. The third kappa shape index (κ3) is 4.18. The third-order valence-electron chi connectivity index (χ3n) is 4.08. The fraction of sp³-hybridized carbons (Fsp3) is 0.750. The normalized spacial score (nSPS) is 23.6. The average Bonchev–Trinajstić information content (AvgIpc) is 2.37. The molecule has 3 nitrogen and oxygen atoms in total. The van der Waals surface area contributed by atoms with Crippen LogP contribution in [0.3, 0.4) is 0 Å². The summed E-state index contributed by atoms with van der Waals surface area (Å²) in [4.78, 5) is 9.19. The quantitative estimate of drug-likeness (QED) is 0.794. The lowest BCUT2D eigenvalue weighted by Gasteiger charge is -2.29. The molecule has 0 aromatic carbocycles. The highest BCUT2D eigenvalue weighted by molar-refractivity contribution is 9.10. The first-order valence-corrected chi connectivity index (χ1v) is 8.49. The van der Waals surface area contributed by atoms with E-state index in [2.05, 4.69) is 53.9 Å². The number of halogens is 1. The van der Waals surface area contributed by atoms with Gasteiger partial charge in [0.2, 0.25) is 0 Å². The van der Waals surface area contributed by atoms with Crippen molar-refractivity contribution in [3.05, 3.63) is 16.5 Å². The van der Waals surface area contributed by atoms with E-state index in [0.717, 1.165) is 22.2 Å². The molecular formula is C16H26BrN3. The van der Waals surface area contributed by atoms with Gasteiger partial charge in [0.1, 0.15) is 16.2 Å². The van der Waals surface area contributed by atoms with Gasteiger partial charge in [-0.25, -0.2) is 9.97 Å². The van der Waals surface area contributed by atoms with Gasteiger partial charge >= 0.3 is 0 Å². The minimum atomic E-state index is -0.0290. The zero-order valence-corrected chi connectivity index (χ0v) is 14.6. The summed E-state index contributed by atoms with van der Waals surface area (Å²) in [6.07, 6.45) is 6.52. The number of aromatic nitrogens is 2.